The van der Waals surface area contributed by atoms with E-state index in [1.165, 1.54) is 0 Å². The van der Waals surface area contributed by atoms with Crippen LogP contribution in [-0.4, -0.2) is 68.8 Å². The molecule has 3 amide bonds. The predicted octanol–water partition coefficient (Wildman–Crippen LogP) is 2.70. The Bertz CT molecular complexity index is 1160. The van der Waals surface area contributed by atoms with Crippen molar-refractivity contribution in [1.82, 2.24) is 20.5 Å². The zero-order chi connectivity index (χ0) is 25.3. The fourth-order valence-electron chi connectivity index (χ4n) is 4.09. The molecule has 1 aliphatic rings. The first-order valence-electron chi connectivity index (χ1n) is 11.8. The van der Waals surface area contributed by atoms with Crippen LogP contribution in [-0.2, 0) is 13.0 Å². The molecule has 2 N–H and O–H groups in total. The standard InChI is InChI=1S/C26H31N5O5/c1-34-22-8-7-19(17-23(22)35-2)9-11-28-25(32)21-6-3-10-27-24(21)30-12-14-31(15-13-30)26(33)29-18-20-5-4-16-36-20/h3-8,10,16-17H,9,11-15,18H2,1-2H3,(H,28,32)(H,29,33). The summed E-state index contributed by atoms with van der Waals surface area (Å²) in [5.41, 5.74) is 1.54. The number of aromatic nitrogens is 1. The van der Waals surface area contributed by atoms with E-state index in [1.807, 2.05) is 29.2 Å². The average Bonchev–Trinajstić information content (AvgIpc) is 3.45. The third-order valence-corrected chi connectivity index (χ3v) is 6.04. The normalized spacial score (nSPS) is 13.3. The number of hydrogen-bond donors (Lipinski definition) is 2. The van der Waals surface area contributed by atoms with Crippen LogP contribution < -0.4 is 25.0 Å². The summed E-state index contributed by atoms with van der Waals surface area (Å²) in [5.74, 6) is 2.47. The van der Waals surface area contributed by atoms with E-state index in [2.05, 4.69) is 15.6 Å². The molecule has 0 aliphatic carbocycles. The number of nitrogens with zero attached hydrogens (tertiary/aromatic N) is 3. The molecule has 1 aromatic carbocycles. The van der Waals surface area contributed by atoms with Gasteiger partial charge in [-0.1, -0.05) is 6.07 Å². The van der Waals surface area contributed by atoms with Crippen molar-refractivity contribution < 1.29 is 23.5 Å². The number of anilines is 1. The minimum absolute atomic E-state index is 0.139. The SMILES string of the molecule is COc1ccc(CCNC(=O)c2cccnc2N2CCN(C(=O)NCc3ccco3)CC2)cc1OC. The van der Waals surface area contributed by atoms with Crippen molar-refractivity contribution in [3.8, 4) is 11.5 Å². The number of rotatable bonds is 9. The minimum Gasteiger partial charge on any atom is -0.493 e. The topological polar surface area (TPSA) is 109 Å². The summed E-state index contributed by atoms with van der Waals surface area (Å²) in [5, 5.41) is 5.86. The van der Waals surface area contributed by atoms with Crippen molar-refractivity contribution in [2.75, 3.05) is 51.8 Å². The zero-order valence-corrected chi connectivity index (χ0v) is 20.5. The highest BCUT2D eigenvalue weighted by atomic mass is 16.5. The Morgan fingerprint density at radius 3 is 2.53 bits per heavy atom. The number of carbonyl (C=O) groups is 2. The van der Waals surface area contributed by atoms with Gasteiger partial charge in [0.15, 0.2) is 11.5 Å². The molecule has 4 rings (SSSR count). The minimum atomic E-state index is -0.183. The molecular weight excluding hydrogens is 462 g/mol. The van der Waals surface area contributed by atoms with E-state index < -0.39 is 0 Å². The molecule has 0 bridgehead atoms. The first kappa shape index (κ1) is 24.9. The summed E-state index contributed by atoms with van der Waals surface area (Å²) >= 11 is 0. The van der Waals surface area contributed by atoms with Gasteiger partial charge in [0, 0.05) is 38.9 Å². The maximum absolute atomic E-state index is 13.0. The molecule has 3 aromatic rings. The second-order valence-electron chi connectivity index (χ2n) is 8.28. The first-order valence-corrected chi connectivity index (χ1v) is 11.8. The lowest BCUT2D eigenvalue weighted by atomic mass is 10.1. The molecule has 3 heterocycles. The van der Waals surface area contributed by atoms with Crippen molar-refractivity contribution in [3.05, 3.63) is 71.8 Å². The van der Waals surface area contributed by atoms with Crippen LogP contribution in [0.25, 0.3) is 0 Å². The van der Waals surface area contributed by atoms with Gasteiger partial charge in [-0.3, -0.25) is 4.79 Å². The highest BCUT2D eigenvalue weighted by Crippen LogP contribution is 2.27. The van der Waals surface area contributed by atoms with Crippen LogP contribution in [0.5, 0.6) is 11.5 Å². The number of hydrogen-bond acceptors (Lipinski definition) is 7. The van der Waals surface area contributed by atoms with Gasteiger partial charge in [-0.25, -0.2) is 9.78 Å². The smallest absolute Gasteiger partial charge is 0.317 e. The Morgan fingerprint density at radius 2 is 1.81 bits per heavy atom. The molecule has 2 aromatic heterocycles. The molecule has 0 unspecified atom stereocenters. The van der Waals surface area contributed by atoms with E-state index in [0.29, 0.717) is 74.3 Å². The average molecular weight is 494 g/mol. The van der Waals surface area contributed by atoms with E-state index >= 15 is 0 Å². The van der Waals surface area contributed by atoms with E-state index in [4.69, 9.17) is 13.9 Å². The van der Waals surface area contributed by atoms with Gasteiger partial charge in [-0.05, 0) is 48.4 Å². The van der Waals surface area contributed by atoms with Crippen molar-refractivity contribution in [3.63, 3.8) is 0 Å². The lowest BCUT2D eigenvalue weighted by Gasteiger charge is -2.36. The Balaban J connectivity index is 1.30. The van der Waals surface area contributed by atoms with E-state index in [-0.39, 0.29) is 11.9 Å². The number of piperazine rings is 1. The van der Waals surface area contributed by atoms with Gasteiger partial charge in [0.2, 0.25) is 0 Å². The fraction of sp³-hybridized carbons (Fsp3) is 0.346. The molecular formula is C26H31N5O5. The summed E-state index contributed by atoms with van der Waals surface area (Å²) in [7, 11) is 3.20. The van der Waals surface area contributed by atoms with Crippen molar-refractivity contribution in [2.45, 2.75) is 13.0 Å². The van der Waals surface area contributed by atoms with Crippen LogP contribution in [0.1, 0.15) is 21.7 Å². The first-order chi connectivity index (χ1) is 17.6. The quantitative estimate of drug-likeness (QED) is 0.472. The molecule has 1 saturated heterocycles. The van der Waals surface area contributed by atoms with Crippen molar-refractivity contribution in [2.24, 2.45) is 0 Å². The molecule has 0 radical (unpaired) electrons. The number of carbonyl (C=O) groups excluding carboxylic acids is 2. The van der Waals surface area contributed by atoms with Crippen LogP contribution >= 0.6 is 0 Å². The number of pyridine rings is 1. The summed E-state index contributed by atoms with van der Waals surface area (Å²) in [6, 6.07) is 12.7. The highest BCUT2D eigenvalue weighted by Gasteiger charge is 2.25. The Morgan fingerprint density at radius 1 is 1.00 bits per heavy atom. The lowest BCUT2D eigenvalue weighted by molar-refractivity contribution is 0.0954. The number of nitrogens with one attached hydrogen (secondary N) is 2. The van der Waals surface area contributed by atoms with E-state index in [1.54, 1.807) is 49.8 Å². The molecule has 1 fully saturated rings. The summed E-state index contributed by atoms with van der Waals surface area (Å²) < 4.78 is 15.9. The van der Waals surface area contributed by atoms with Crippen LogP contribution in [0.3, 0.4) is 0 Å². The van der Waals surface area contributed by atoms with Gasteiger partial charge in [-0.2, -0.15) is 0 Å². The van der Waals surface area contributed by atoms with Crippen molar-refractivity contribution >= 4 is 17.8 Å². The van der Waals surface area contributed by atoms with Gasteiger partial charge in [0.05, 0.1) is 32.6 Å². The van der Waals surface area contributed by atoms with Crippen LogP contribution in [0.15, 0.2) is 59.3 Å². The molecule has 0 spiro atoms. The predicted molar refractivity (Wildman–Crippen MR) is 135 cm³/mol. The monoisotopic (exact) mass is 493 g/mol. The summed E-state index contributed by atoms with van der Waals surface area (Å²) in [6.45, 7) is 3.03. The number of urea groups is 1. The van der Waals surface area contributed by atoms with Crippen LogP contribution in [0.4, 0.5) is 10.6 Å². The summed E-state index contributed by atoms with van der Waals surface area (Å²) in [6.07, 6.45) is 3.91. The van der Waals surface area contributed by atoms with Crippen molar-refractivity contribution in [1.29, 1.82) is 0 Å². The van der Waals surface area contributed by atoms with E-state index in [0.717, 1.165) is 5.56 Å². The Labute approximate surface area is 210 Å². The van der Waals surface area contributed by atoms with Crippen LogP contribution in [0.2, 0.25) is 0 Å². The molecule has 36 heavy (non-hydrogen) atoms. The Hall–Kier alpha value is -4.21. The number of furan rings is 1. The molecule has 190 valence electrons. The summed E-state index contributed by atoms with van der Waals surface area (Å²) in [4.78, 5) is 33.7. The third-order valence-electron chi connectivity index (χ3n) is 6.04. The molecule has 10 heteroatoms. The van der Waals surface area contributed by atoms with Gasteiger partial charge < -0.3 is 34.3 Å². The highest BCUT2D eigenvalue weighted by molar-refractivity contribution is 5.98. The maximum Gasteiger partial charge on any atom is 0.317 e. The van der Waals surface area contributed by atoms with Gasteiger partial charge in [-0.15, -0.1) is 0 Å². The number of benzene rings is 1. The molecule has 0 saturated carbocycles. The number of methoxy groups -OCH3 is 2. The van der Waals surface area contributed by atoms with Crippen LogP contribution in [0, 0.1) is 0 Å². The maximum atomic E-state index is 13.0. The molecule has 0 atom stereocenters. The van der Waals surface area contributed by atoms with Gasteiger partial charge in [0.25, 0.3) is 5.91 Å². The second kappa shape index (κ2) is 12.0. The second-order valence-corrected chi connectivity index (χ2v) is 8.28. The number of ether oxygens (including phenoxy) is 2. The number of amides is 3. The third kappa shape index (κ3) is 6.07. The van der Waals surface area contributed by atoms with Gasteiger partial charge >= 0.3 is 6.03 Å². The molecule has 10 nitrogen and oxygen atoms in total. The fourth-order valence-corrected chi connectivity index (χ4v) is 4.09. The zero-order valence-electron chi connectivity index (χ0n) is 20.5. The van der Waals surface area contributed by atoms with Gasteiger partial charge in [0.1, 0.15) is 11.6 Å². The Kier molecular flexibility index (Phi) is 8.28. The largest absolute Gasteiger partial charge is 0.493 e. The van der Waals surface area contributed by atoms with E-state index in [9.17, 15) is 9.59 Å². The lowest BCUT2D eigenvalue weighted by Crippen LogP contribution is -2.52. The molecule has 1 aliphatic heterocycles.